The molecule has 1 aromatic heterocycles. The molecule has 24 heavy (non-hydrogen) atoms. The van der Waals surface area contributed by atoms with Crippen molar-refractivity contribution in [2.75, 3.05) is 26.3 Å². The van der Waals surface area contributed by atoms with Gasteiger partial charge in [0.25, 0.3) is 10.0 Å². The second kappa shape index (κ2) is 7.49. The number of nitrogens with one attached hydrogen (secondary N) is 2. The largest absolute Gasteiger partial charge is 0.478 e. The summed E-state index contributed by atoms with van der Waals surface area (Å²) in [6.07, 6.45) is 3.21. The Hall–Kier alpha value is -1.00. The maximum absolute atomic E-state index is 12.6. The molecule has 1 saturated heterocycles. The molecule has 0 aromatic carbocycles. The van der Waals surface area contributed by atoms with Crippen molar-refractivity contribution in [1.82, 2.24) is 10.0 Å². The van der Waals surface area contributed by atoms with Crippen LogP contribution < -0.4 is 10.0 Å². The van der Waals surface area contributed by atoms with Crippen LogP contribution in [-0.2, 0) is 27.7 Å². The molecule has 0 saturated carbocycles. The SMILES string of the molecule is O=C(O)c1c(S(=O)(=O)NCCC[C@@H]2CCOC2)sc2c1CCNC2. The highest BCUT2D eigenvalue weighted by Gasteiger charge is 2.31. The third-order valence-corrected chi connectivity index (χ3v) is 7.67. The summed E-state index contributed by atoms with van der Waals surface area (Å²) in [5.41, 5.74) is 0.614. The van der Waals surface area contributed by atoms with Crippen LogP contribution in [0.1, 0.15) is 40.1 Å². The van der Waals surface area contributed by atoms with Gasteiger partial charge in [-0.05, 0) is 43.7 Å². The zero-order valence-corrected chi connectivity index (χ0v) is 15.0. The van der Waals surface area contributed by atoms with E-state index in [1.54, 1.807) is 0 Å². The highest BCUT2D eigenvalue weighted by molar-refractivity contribution is 7.91. The van der Waals surface area contributed by atoms with Gasteiger partial charge < -0.3 is 15.2 Å². The first-order valence-corrected chi connectivity index (χ1v) is 10.4. The van der Waals surface area contributed by atoms with Crippen LogP contribution in [-0.4, -0.2) is 45.8 Å². The first kappa shape index (κ1) is 17.8. The van der Waals surface area contributed by atoms with Gasteiger partial charge in [-0.15, -0.1) is 11.3 Å². The zero-order chi connectivity index (χ0) is 17.2. The predicted molar refractivity (Wildman–Crippen MR) is 90.0 cm³/mol. The van der Waals surface area contributed by atoms with Crippen LogP contribution in [0, 0.1) is 5.92 Å². The topological polar surface area (TPSA) is 105 Å². The minimum atomic E-state index is -3.80. The molecule has 7 nitrogen and oxygen atoms in total. The van der Waals surface area contributed by atoms with Gasteiger partial charge in [0.1, 0.15) is 4.21 Å². The van der Waals surface area contributed by atoms with Crippen LogP contribution in [0.25, 0.3) is 0 Å². The molecular weight excluding hydrogens is 352 g/mol. The highest BCUT2D eigenvalue weighted by Crippen LogP contribution is 2.34. The number of carbonyl (C=O) groups is 1. The van der Waals surface area contributed by atoms with Gasteiger partial charge in [-0.2, -0.15) is 0 Å². The normalized spacial score (nSPS) is 20.9. The van der Waals surface area contributed by atoms with Crippen LogP contribution in [0.5, 0.6) is 0 Å². The standard InChI is InChI=1S/C15H22N2O5S2/c18-14(19)13-11-3-6-16-8-12(11)23-15(13)24(20,21)17-5-1-2-10-4-7-22-9-10/h10,16-17H,1-9H2,(H,18,19)/t10-/m1/s1. The second-order valence-electron chi connectivity index (χ2n) is 6.17. The van der Waals surface area contributed by atoms with Crippen molar-refractivity contribution in [1.29, 1.82) is 0 Å². The quantitative estimate of drug-likeness (QED) is 0.619. The third-order valence-electron chi connectivity index (χ3n) is 4.46. The van der Waals surface area contributed by atoms with Crippen molar-refractivity contribution in [3.05, 3.63) is 16.0 Å². The summed E-state index contributed by atoms with van der Waals surface area (Å²) in [6.45, 7) is 3.05. The molecule has 1 aromatic rings. The minimum absolute atomic E-state index is 0.0480. The maximum Gasteiger partial charge on any atom is 0.338 e. The number of rotatable bonds is 7. The number of sulfonamides is 1. The third kappa shape index (κ3) is 3.80. The summed E-state index contributed by atoms with van der Waals surface area (Å²) < 4.78 is 32.9. The van der Waals surface area contributed by atoms with Crippen LogP contribution in [0.3, 0.4) is 0 Å². The highest BCUT2D eigenvalue weighted by atomic mass is 32.2. The molecule has 2 aliphatic rings. The molecule has 0 amide bonds. The summed E-state index contributed by atoms with van der Waals surface area (Å²) in [5.74, 6) is -0.665. The molecule has 3 N–H and O–H groups in total. The molecule has 3 heterocycles. The number of hydrogen-bond acceptors (Lipinski definition) is 6. The number of hydrogen-bond donors (Lipinski definition) is 3. The van der Waals surface area contributed by atoms with Crippen molar-refractivity contribution in [2.45, 2.75) is 36.4 Å². The van der Waals surface area contributed by atoms with E-state index in [-0.39, 0.29) is 9.77 Å². The smallest absolute Gasteiger partial charge is 0.338 e. The summed E-state index contributed by atoms with van der Waals surface area (Å²) in [5, 5.41) is 12.6. The summed E-state index contributed by atoms with van der Waals surface area (Å²) in [4.78, 5) is 12.4. The van der Waals surface area contributed by atoms with Crippen LogP contribution >= 0.6 is 11.3 Å². The molecule has 0 radical (unpaired) electrons. The van der Waals surface area contributed by atoms with E-state index >= 15 is 0 Å². The maximum atomic E-state index is 12.6. The minimum Gasteiger partial charge on any atom is -0.478 e. The van der Waals surface area contributed by atoms with Crippen molar-refractivity contribution >= 4 is 27.3 Å². The van der Waals surface area contributed by atoms with E-state index in [4.69, 9.17) is 4.74 Å². The van der Waals surface area contributed by atoms with Crippen molar-refractivity contribution in [3.8, 4) is 0 Å². The first-order valence-electron chi connectivity index (χ1n) is 8.15. The summed E-state index contributed by atoms with van der Waals surface area (Å²) in [6, 6.07) is 0. The van der Waals surface area contributed by atoms with E-state index in [9.17, 15) is 18.3 Å². The fourth-order valence-corrected chi connectivity index (χ4v) is 6.17. The first-order chi connectivity index (χ1) is 11.5. The molecular formula is C15H22N2O5S2. The molecule has 1 fully saturated rings. The Balaban J connectivity index is 1.69. The summed E-state index contributed by atoms with van der Waals surface area (Å²) in [7, 11) is -3.80. The molecule has 0 bridgehead atoms. The number of fused-ring (bicyclic) bond motifs is 1. The Morgan fingerprint density at radius 2 is 2.29 bits per heavy atom. The molecule has 9 heteroatoms. The lowest BCUT2D eigenvalue weighted by Crippen LogP contribution is -2.26. The van der Waals surface area contributed by atoms with E-state index in [1.807, 2.05) is 0 Å². The molecule has 2 aliphatic heterocycles. The van der Waals surface area contributed by atoms with Gasteiger partial charge in [-0.1, -0.05) is 0 Å². The Morgan fingerprint density at radius 1 is 1.46 bits per heavy atom. The lowest BCUT2D eigenvalue weighted by molar-refractivity contribution is 0.0692. The number of carboxylic acid groups (broad SMARTS) is 1. The van der Waals surface area contributed by atoms with Crippen molar-refractivity contribution in [2.24, 2.45) is 5.92 Å². The predicted octanol–water partition coefficient (Wildman–Crippen LogP) is 1.19. The Kier molecular flexibility index (Phi) is 5.56. The number of carboxylic acids is 1. The van der Waals surface area contributed by atoms with E-state index in [2.05, 4.69) is 10.0 Å². The van der Waals surface area contributed by atoms with Gasteiger partial charge in [0.15, 0.2) is 0 Å². The molecule has 0 aliphatic carbocycles. The fraction of sp³-hybridized carbons (Fsp3) is 0.667. The molecule has 1 atom stereocenters. The molecule has 3 rings (SSSR count). The molecule has 0 unspecified atom stereocenters. The second-order valence-corrected chi connectivity index (χ2v) is 9.24. The van der Waals surface area contributed by atoms with E-state index in [0.717, 1.165) is 48.7 Å². The lowest BCUT2D eigenvalue weighted by Gasteiger charge is -2.12. The van der Waals surface area contributed by atoms with Gasteiger partial charge in [-0.25, -0.2) is 17.9 Å². The average molecular weight is 374 g/mol. The van der Waals surface area contributed by atoms with E-state index in [1.165, 1.54) is 0 Å². The Morgan fingerprint density at radius 3 is 3.00 bits per heavy atom. The lowest BCUT2D eigenvalue weighted by atomic mass is 10.0. The average Bonchev–Trinajstić information content (AvgIpc) is 3.19. The van der Waals surface area contributed by atoms with Gasteiger partial charge in [-0.3, -0.25) is 0 Å². The van der Waals surface area contributed by atoms with Crippen LogP contribution in [0.4, 0.5) is 0 Å². The van der Waals surface area contributed by atoms with Crippen LogP contribution in [0.2, 0.25) is 0 Å². The fourth-order valence-electron chi connectivity index (χ4n) is 3.19. The zero-order valence-electron chi connectivity index (χ0n) is 13.3. The Bertz CT molecular complexity index is 708. The summed E-state index contributed by atoms with van der Waals surface area (Å²) >= 11 is 1.07. The van der Waals surface area contributed by atoms with Gasteiger partial charge in [0.2, 0.25) is 0 Å². The monoisotopic (exact) mass is 374 g/mol. The van der Waals surface area contributed by atoms with Crippen LogP contribution in [0.15, 0.2) is 4.21 Å². The van der Waals surface area contributed by atoms with E-state index in [0.29, 0.717) is 37.5 Å². The van der Waals surface area contributed by atoms with Gasteiger partial charge in [0.05, 0.1) is 5.56 Å². The van der Waals surface area contributed by atoms with Crippen molar-refractivity contribution < 1.29 is 23.1 Å². The number of aromatic carboxylic acids is 1. The number of thiophene rings is 1. The number of ether oxygens (including phenoxy) is 1. The van der Waals surface area contributed by atoms with Gasteiger partial charge >= 0.3 is 5.97 Å². The van der Waals surface area contributed by atoms with Crippen molar-refractivity contribution in [3.63, 3.8) is 0 Å². The molecule has 0 spiro atoms. The van der Waals surface area contributed by atoms with Gasteiger partial charge in [0, 0.05) is 31.2 Å². The molecule has 134 valence electrons. The van der Waals surface area contributed by atoms with E-state index < -0.39 is 16.0 Å². The Labute approximate surface area is 145 Å².